The van der Waals surface area contributed by atoms with E-state index in [0.29, 0.717) is 29.6 Å². The maximum absolute atomic E-state index is 12.8. The Morgan fingerprint density at radius 2 is 1.89 bits per heavy atom. The minimum Gasteiger partial charge on any atom is -0.487 e. The van der Waals surface area contributed by atoms with Crippen LogP contribution in [0.3, 0.4) is 0 Å². The summed E-state index contributed by atoms with van der Waals surface area (Å²) in [5.41, 5.74) is 1.94. The molecule has 0 aliphatic carbocycles. The number of halogens is 3. The highest BCUT2D eigenvalue weighted by Gasteiger charge is 2.34. The van der Waals surface area contributed by atoms with Crippen molar-refractivity contribution in [1.29, 1.82) is 0 Å². The fraction of sp³-hybridized carbons (Fsp3) is 0.296. The van der Waals surface area contributed by atoms with Gasteiger partial charge in [0, 0.05) is 44.1 Å². The first kappa shape index (κ1) is 25.4. The van der Waals surface area contributed by atoms with Crippen LogP contribution in [0.2, 0.25) is 0 Å². The molecule has 8 nitrogen and oxygen atoms in total. The fourth-order valence-electron chi connectivity index (χ4n) is 4.44. The quantitative estimate of drug-likeness (QED) is 0.370. The largest absolute Gasteiger partial charge is 0.487 e. The third-order valence-electron chi connectivity index (χ3n) is 6.57. The first-order valence-electron chi connectivity index (χ1n) is 12.2. The fourth-order valence-corrected chi connectivity index (χ4v) is 4.44. The van der Waals surface area contributed by atoms with Crippen molar-refractivity contribution in [2.45, 2.75) is 19.2 Å². The summed E-state index contributed by atoms with van der Waals surface area (Å²) in [6, 6.07) is 17.9. The normalized spacial score (nSPS) is 15.6. The summed E-state index contributed by atoms with van der Waals surface area (Å²) in [6.07, 6.45) is -0.355. The van der Waals surface area contributed by atoms with Gasteiger partial charge in [-0.25, -0.2) is 9.78 Å². The Labute approximate surface area is 217 Å². The zero-order chi connectivity index (χ0) is 26.7. The van der Waals surface area contributed by atoms with Crippen LogP contribution in [-0.4, -0.2) is 45.0 Å². The van der Waals surface area contributed by atoms with Crippen molar-refractivity contribution in [3.05, 3.63) is 84.6 Å². The lowest BCUT2D eigenvalue weighted by atomic mass is 10.1. The number of carbonyl (C=O) groups is 1. The van der Waals surface area contributed by atoms with E-state index >= 15 is 0 Å². The van der Waals surface area contributed by atoms with E-state index in [9.17, 15) is 18.0 Å². The van der Waals surface area contributed by atoms with Gasteiger partial charge in [-0.15, -0.1) is 0 Å². The molecule has 0 spiro atoms. The van der Waals surface area contributed by atoms with Gasteiger partial charge in [0.25, 0.3) is 0 Å². The Bertz CT molecular complexity index is 1380. The van der Waals surface area contributed by atoms with Gasteiger partial charge in [0.2, 0.25) is 0 Å². The van der Waals surface area contributed by atoms with Crippen LogP contribution in [0, 0.1) is 5.92 Å². The highest BCUT2D eigenvalue weighted by atomic mass is 19.4. The van der Waals surface area contributed by atoms with Crippen LogP contribution in [0.25, 0.3) is 11.3 Å². The molecule has 11 heteroatoms. The Hall–Kier alpha value is -4.28. The smallest absolute Gasteiger partial charge is 0.435 e. The summed E-state index contributed by atoms with van der Waals surface area (Å²) < 4.78 is 46.7. The molecule has 0 bridgehead atoms. The van der Waals surface area contributed by atoms with E-state index in [2.05, 4.69) is 32.4 Å². The maximum Gasteiger partial charge on any atom is 0.435 e. The summed E-state index contributed by atoms with van der Waals surface area (Å²) in [5.74, 6) is 0.864. The number of nitrogens with one attached hydrogen (secondary N) is 1. The van der Waals surface area contributed by atoms with Crippen molar-refractivity contribution in [2.75, 3.05) is 24.5 Å². The lowest BCUT2D eigenvalue weighted by Crippen LogP contribution is -2.33. The SMILES string of the molecule is Cn1nc(C(F)(F)F)cc1COc1ccc(-c2cn(C(=O)NCC3CCN(c4ccccc4)C3)cn2)cc1. The average Bonchev–Trinajstić information content (AvgIpc) is 3.67. The maximum atomic E-state index is 12.8. The van der Waals surface area contributed by atoms with Crippen LogP contribution in [0.5, 0.6) is 5.75 Å². The molecule has 1 aliphatic heterocycles. The van der Waals surface area contributed by atoms with Gasteiger partial charge in [0.1, 0.15) is 18.7 Å². The number of aromatic nitrogens is 4. The van der Waals surface area contributed by atoms with Crippen LogP contribution in [0.4, 0.5) is 23.7 Å². The number of para-hydroxylation sites is 1. The van der Waals surface area contributed by atoms with Gasteiger partial charge in [0.05, 0.1) is 11.4 Å². The Kier molecular flexibility index (Phi) is 7.08. The zero-order valence-electron chi connectivity index (χ0n) is 20.7. The van der Waals surface area contributed by atoms with E-state index in [4.69, 9.17) is 4.74 Å². The molecular weight excluding hydrogens is 497 g/mol. The van der Waals surface area contributed by atoms with Gasteiger partial charge in [0.15, 0.2) is 5.69 Å². The van der Waals surface area contributed by atoms with Crippen molar-refractivity contribution in [3.63, 3.8) is 0 Å². The number of rotatable bonds is 7. The number of benzene rings is 2. The van der Waals surface area contributed by atoms with Crippen LogP contribution in [0.15, 0.2) is 73.2 Å². The number of nitrogens with zero attached hydrogens (tertiary/aromatic N) is 5. The van der Waals surface area contributed by atoms with Gasteiger partial charge < -0.3 is 15.0 Å². The molecule has 5 rings (SSSR count). The van der Waals surface area contributed by atoms with Gasteiger partial charge in [-0.2, -0.15) is 18.3 Å². The second kappa shape index (κ2) is 10.6. The minimum absolute atomic E-state index is 0.0577. The van der Waals surface area contributed by atoms with Gasteiger partial charge in [-0.05, 0) is 54.8 Å². The average molecular weight is 525 g/mol. The molecule has 2 aromatic carbocycles. The van der Waals surface area contributed by atoms with E-state index in [-0.39, 0.29) is 12.6 Å². The molecule has 1 amide bonds. The minimum atomic E-state index is -4.50. The number of ether oxygens (including phenoxy) is 1. The third-order valence-corrected chi connectivity index (χ3v) is 6.57. The molecule has 198 valence electrons. The topological polar surface area (TPSA) is 77.2 Å². The van der Waals surface area contributed by atoms with Crippen LogP contribution >= 0.6 is 0 Å². The Morgan fingerprint density at radius 1 is 1.13 bits per heavy atom. The molecular formula is C27H27F3N6O2. The van der Waals surface area contributed by atoms with Crippen LogP contribution < -0.4 is 15.0 Å². The lowest BCUT2D eigenvalue weighted by molar-refractivity contribution is -0.141. The van der Waals surface area contributed by atoms with Crippen LogP contribution in [0.1, 0.15) is 17.8 Å². The Morgan fingerprint density at radius 3 is 2.61 bits per heavy atom. The van der Waals surface area contributed by atoms with E-state index in [0.717, 1.165) is 35.8 Å². The number of anilines is 1. The second-order valence-corrected chi connectivity index (χ2v) is 9.24. The molecule has 4 aromatic rings. The number of hydrogen-bond donors (Lipinski definition) is 1. The van der Waals surface area contributed by atoms with Gasteiger partial charge >= 0.3 is 12.2 Å². The number of alkyl halides is 3. The monoisotopic (exact) mass is 524 g/mol. The molecule has 2 aromatic heterocycles. The number of imidazole rings is 1. The first-order valence-corrected chi connectivity index (χ1v) is 12.2. The molecule has 1 atom stereocenters. The summed E-state index contributed by atoms with van der Waals surface area (Å²) >= 11 is 0. The summed E-state index contributed by atoms with van der Waals surface area (Å²) in [7, 11) is 1.44. The van der Waals surface area contributed by atoms with Crippen molar-refractivity contribution >= 4 is 11.7 Å². The van der Waals surface area contributed by atoms with E-state index in [1.807, 2.05) is 18.2 Å². The molecule has 3 heterocycles. The van der Waals surface area contributed by atoms with Gasteiger partial charge in [-0.1, -0.05) is 18.2 Å². The first-order chi connectivity index (χ1) is 18.3. The molecule has 1 saturated heterocycles. The lowest BCUT2D eigenvalue weighted by Gasteiger charge is -2.18. The standard InChI is InChI=1S/C27H27F3N6O2/c1-34-22(13-25(33-34)27(28,29)30)17-38-23-9-7-20(8-10-23)24-16-36(18-32-24)26(37)31-14-19-11-12-35(15-19)21-5-3-2-4-6-21/h2-10,13,16,18-19H,11-12,14-15,17H2,1H3,(H,31,37). The molecule has 38 heavy (non-hydrogen) atoms. The second-order valence-electron chi connectivity index (χ2n) is 9.24. The van der Waals surface area contributed by atoms with Gasteiger partial charge in [-0.3, -0.25) is 9.25 Å². The van der Waals surface area contributed by atoms with Crippen molar-refractivity contribution in [1.82, 2.24) is 24.6 Å². The van der Waals surface area contributed by atoms with E-state index in [1.54, 1.807) is 30.5 Å². The molecule has 1 aliphatic rings. The highest BCUT2D eigenvalue weighted by molar-refractivity contribution is 5.78. The van der Waals surface area contributed by atoms with E-state index in [1.165, 1.54) is 23.6 Å². The Balaban J connectivity index is 1.12. The van der Waals surface area contributed by atoms with Crippen molar-refractivity contribution in [2.24, 2.45) is 13.0 Å². The van der Waals surface area contributed by atoms with Crippen molar-refractivity contribution in [3.8, 4) is 17.0 Å². The van der Waals surface area contributed by atoms with Crippen LogP contribution in [-0.2, 0) is 19.8 Å². The number of amides is 1. The summed E-state index contributed by atoms with van der Waals surface area (Å²) in [4.78, 5) is 19.3. The third kappa shape index (κ3) is 5.82. The molecule has 0 saturated carbocycles. The molecule has 1 fully saturated rings. The number of aryl methyl sites for hydroxylation is 1. The highest BCUT2D eigenvalue weighted by Crippen LogP contribution is 2.29. The van der Waals surface area contributed by atoms with Crippen molar-refractivity contribution < 1.29 is 22.7 Å². The zero-order valence-corrected chi connectivity index (χ0v) is 20.7. The predicted octanol–water partition coefficient (Wildman–Crippen LogP) is 4.97. The molecule has 1 N–H and O–H groups in total. The summed E-state index contributed by atoms with van der Waals surface area (Å²) in [6.45, 7) is 2.40. The molecule has 1 unspecified atom stereocenters. The number of carbonyl (C=O) groups excluding carboxylic acids is 1. The summed E-state index contributed by atoms with van der Waals surface area (Å²) in [5, 5.41) is 6.48. The molecule has 0 radical (unpaired) electrons. The van der Waals surface area contributed by atoms with E-state index < -0.39 is 11.9 Å². The predicted molar refractivity (Wildman–Crippen MR) is 136 cm³/mol. The number of hydrogen-bond acceptors (Lipinski definition) is 5.